The van der Waals surface area contributed by atoms with E-state index in [0.717, 1.165) is 68.4 Å². The molecule has 8 rings (SSSR count). The number of aromatic amines is 2. The van der Waals surface area contributed by atoms with Gasteiger partial charge in [-0.25, -0.2) is 4.98 Å². The lowest BCUT2D eigenvalue weighted by Gasteiger charge is -2.33. The fourth-order valence-corrected chi connectivity index (χ4v) is 6.77. The number of hydrogen-bond donors (Lipinski definition) is 2. The fraction of sp³-hybridized carbons (Fsp3) is 0.103. The average molecular weight is 614 g/mol. The van der Waals surface area contributed by atoms with Gasteiger partial charge in [0.25, 0.3) is 0 Å². The zero-order valence-electron chi connectivity index (χ0n) is 26.2. The second-order valence-corrected chi connectivity index (χ2v) is 11.8. The Kier molecular flexibility index (Phi) is 7.02. The summed E-state index contributed by atoms with van der Waals surface area (Å²) < 4.78 is 3.87. The number of rotatable bonds is 8. The maximum absolute atomic E-state index is 4.76. The highest BCUT2D eigenvalue weighted by molar-refractivity contribution is 5.79. The smallest absolute Gasteiger partial charge is 0.280 e. The standard InChI is InChI=1S/C39H32N8/c1-27-36(37-40-28(2)43-47(37)42-27)26-29-22-24-30(25-23-29)34-20-12-13-21-35(34)38-41-44-45-46(38)39(31-14-6-3-7-15-31,32-16-8-4-9-17-32)33-18-10-5-11-19-33/h3-25H,26H2,1-2H3,(H,40,42,43)/p+1. The SMILES string of the molecule is Cc1nc2c(Cc3ccc(-c4ccccc4-c4nn[nH][n+]4C(c4ccccc4)(c4ccccc4)c4ccccc4)cc3)c(C)[nH]n2n1. The number of fused-ring (bicyclic) bond motifs is 1. The first kappa shape index (κ1) is 28.3. The number of tetrazole rings is 1. The summed E-state index contributed by atoms with van der Waals surface area (Å²) in [4.78, 5) is 4.63. The number of nitrogens with one attached hydrogen (secondary N) is 2. The minimum atomic E-state index is -0.778. The zero-order valence-corrected chi connectivity index (χ0v) is 26.2. The van der Waals surface area contributed by atoms with Gasteiger partial charge in [0.2, 0.25) is 0 Å². The summed E-state index contributed by atoms with van der Waals surface area (Å²) in [6.07, 6.45) is 0.760. The molecular weight excluding hydrogens is 580 g/mol. The van der Waals surface area contributed by atoms with Gasteiger partial charge in [0, 0.05) is 34.4 Å². The van der Waals surface area contributed by atoms with E-state index in [9.17, 15) is 0 Å². The molecule has 0 amide bonds. The third-order valence-electron chi connectivity index (χ3n) is 8.93. The molecule has 0 aliphatic rings. The summed E-state index contributed by atoms with van der Waals surface area (Å²) in [5, 5.41) is 20.3. The molecule has 0 spiro atoms. The predicted molar refractivity (Wildman–Crippen MR) is 182 cm³/mol. The molecule has 8 heteroatoms. The van der Waals surface area contributed by atoms with Crippen LogP contribution in [0.2, 0.25) is 0 Å². The minimum absolute atomic E-state index is 0.730. The van der Waals surface area contributed by atoms with Crippen LogP contribution in [0.4, 0.5) is 0 Å². The highest BCUT2D eigenvalue weighted by Gasteiger charge is 2.46. The Labute approximate surface area is 272 Å². The molecule has 0 aliphatic heterocycles. The molecule has 3 aromatic heterocycles. The first-order valence-electron chi connectivity index (χ1n) is 15.7. The van der Waals surface area contributed by atoms with E-state index < -0.39 is 5.54 Å². The maximum atomic E-state index is 4.76. The lowest BCUT2D eigenvalue weighted by molar-refractivity contribution is -0.779. The molecule has 0 aliphatic carbocycles. The van der Waals surface area contributed by atoms with Gasteiger partial charge in [0.05, 0.1) is 5.56 Å². The van der Waals surface area contributed by atoms with Crippen LogP contribution in [0.15, 0.2) is 140 Å². The van der Waals surface area contributed by atoms with Crippen LogP contribution < -0.4 is 4.68 Å². The van der Waals surface area contributed by atoms with Gasteiger partial charge in [-0.3, -0.25) is 5.10 Å². The second-order valence-electron chi connectivity index (χ2n) is 11.8. The van der Waals surface area contributed by atoms with E-state index in [4.69, 9.17) is 5.10 Å². The number of H-pyrrole nitrogens is 2. The first-order valence-corrected chi connectivity index (χ1v) is 15.7. The summed E-state index contributed by atoms with van der Waals surface area (Å²) in [5.74, 6) is 1.49. The van der Waals surface area contributed by atoms with Crippen molar-refractivity contribution in [3.63, 3.8) is 0 Å². The van der Waals surface area contributed by atoms with Gasteiger partial charge in [-0.15, -0.1) is 9.78 Å². The zero-order chi connectivity index (χ0) is 31.8. The number of aromatic nitrogens is 8. The third-order valence-corrected chi connectivity index (χ3v) is 8.93. The Hall–Kier alpha value is -6.15. The molecule has 2 N–H and O–H groups in total. The lowest BCUT2D eigenvalue weighted by Crippen LogP contribution is -2.61. The molecular formula is C39H33N8+. The molecule has 0 fully saturated rings. The van der Waals surface area contributed by atoms with E-state index in [1.54, 1.807) is 4.63 Å². The molecule has 0 atom stereocenters. The van der Waals surface area contributed by atoms with Crippen molar-refractivity contribution < 1.29 is 4.68 Å². The molecule has 0 unspecified atom stereocenters. The van der Waals surface area contributed by atoms with Crippen molar-refractivity contribution in [3.05, 3.63) is 179 Å². The van der Waals surface area contributed by atoms with Crippen LogP contribution in [0, 0.1) is 13.8 Å². The summed E-state index contributed by atoms with van der Waals surface area (Å²) in [6, 6.07) is 48.8. The Morgan fingerprint density at radius 2 is 1.21 bits per heavy atom. The topological polar surface area (TPSA) is 91.4 Å². The van der Waals surface area contributed by atoms with E-state index in [1.807, 2.05) is 25.1 Å². The van der Waals surface area contributed by atoms with Gasteiger partial charge in [-0.1, -0.05) is 139 Å². The van der Waals surface area contributed by atoms with Gasteiger partial charge in [0.15, 0.2) is 16.4 Å². The second kappa shape index (κ2) is 11.7. The fourth-order valence-electron chi connectivity index (χ4n) is 6.77. The Morgan fingerprint density at radius 1 is 0.660 bits per heavy atom. The largest absolute Gasteiger partial charge is 0.334 e. The van der Waals surface area contributed by atoms with Crippen molar-refractivity contribution in [2.24, 2.45) is 0 Å². The van der Waals surface area contributed by atoms with Crippen molar-refractivity contribution in [3.8, 4) is 22.5 Å². The number of aryl methyl sites for hydroxylation is 2. The van der Waals surface area contributed by atoms with Gasteiger partial charge in [-0.2, -0.15) is 4.63 Å². The third kappa shape index (κ3) is 4.82. The van der Waals surface area contributed by atoms with Crippen molar-refractivity contribution >= 4 is 5.65 Å². The summed E-state index contributed by atoms with van der Waals surface area (Å²) in [5.41, 5.74) is 9.94. The normalized spacial score (nSPS) is 11.7. The number of benzene rings is 5. The number of hydrogen-bond acceptors (Lipinski definition) is 4. The first-order chi connectivity index (χ1) is 23.1. The lowest BCUT2D eigenvalue weighted by atomic mass is 9.77. The monoisotopic (exact) mass is 613 g/mol. The van der Waals surface area contributed by atoms with Gasteiger partial charge in [-0.05, 0) is 36.6 Å². The molecule has 8 aromatic rings. The Morgan fingerprint density at radius 3 is 1.81 bits per heavy atom. The van der Waals surface area contributed by atoms with Crippen LogP contribution in [0.3, 0.4) is 0 Å². The molecule has 8 nitrogen and oxygen atoms in total. The van der Waals surface area contributed by atoms with Crippen LogP contribution in [0.1, 0.15) is 39.3 Å². The Bertz CT molecular complexity index is 2190. The van der Waals surface area contributed by atoms with E-state index in [-0.39, 0.29) is 0 Å². The van der Waals surface area contributed by atoms with Crippen molar-refractivity contribution in [2.45, 2.75) is 25.8 Å². The average Bonchev–Trinajstić information content (AvgIpc) is 3.82. The van der Waals surface area contributed by atoms with Gasteiger partial charge in [0.1, 0.15) is 10.9 Å². The van der Waals surface area contributed by atoms with Crippen molar-refractivity contribution in [2.75, 3.05) is 0 Å². The number of nitrogens with zero attached hydrogens (tertiary/aromatic N) is 6. The molecule has 0 saturated carbocycles. The Balaban J connectivity index is 1.26. The molecule has 0 radical (unpaired) electrons. The maximum Gasteiger partial charge on any atom is 0.334 e. The van der Waals surface area contributed by atoms with E-state index >= 15 is 0 Å². The van der Waals surface area contributed by atoms with Crippen LogP contribution in [-0.4, -0.2) is 35.3 Å². The highest BCUT2D eigenvalue weighted by atomic mass is 15.6. The van der Waals surface area contributed by atoms with E-state index in [0.29, 0.717) is 0 Å². The summed E-state index contributed by atoms with van der Waals surface area (Å²) >= 11 is 0. The van der Waals surface area contributed by atoms with E-state index in [1.165, 1.54) is 5.56 Å². The molecule has 5 aromatic carbocycles. The van der Waals surface area contributed by atoms with Crippen LogP contribution in [-0.2, 0) is 12.0 Å². The highest BCUT2D eigenvalue weighted by Crippen LogP contribution is 2.38. The van der Waals surface area contributed by atoms with Gasteiger partial charge >= 0.3 is 5.82 Å². The van der Waals surface area contributed by atoms with Crippen LogP contribution >= 0.6 is 0 Å². The van der Waals surface area contributed by atoms with Crippen molar-refractivity contribution in [1.82, 2.24) is 35.3 Å². The quantitative estimate of drug-likeness (QED) is 0.145. The summed E-state index contributed by atoms with van der Waals surface area (Å²) in [6.45, 7) is 3.98. The minimum Gasteiger partial charge on any atom is -0.280 e. The molecule has 47 heavy (non-hydrogen) atoms. The summed E-state index contributed by atoms with van der Waals surface area (Å²) in [7, 11) is 0. The van der Waals surface area contributed by atoms with Crippen LogP contribution in [0.5, 0.6) is 0 Å². The van der Waals surface area contributed by atoms with Crippen molar-refractivity contribution in [1.29, 1.82) is 0 Å². The molecule has 3 heterocycles. The molecule has 0 saturated heterocycles. The van der Waals surface area contributed by atoms with Gasteiger partial charge < -0.3 is 0 Å². The molecule has 0 bridgehead atoms. The van der Waals surface area contributed by atoms with Crippen LogP contribution in [0.25, 0.3) is 28.2 Å². The molecule has 228 valence electrons. The predicted octanol–water partition coefficient (Wildman–Crippen LogP) is 6.84. The van der Waals surface area contributed by atoms with E-state index in [2.05, 4.69) is 159 Å².